The first kappa shape index (κ1) is 41.7. The highest BCUT2D eigenvalue weighted by Crippen LogP contribution is 2.64. The smallest absolute Gasteiger partial charge is 0.156 e. The molecular formula is C70H41N7O. The van der Waals surface area contributed by atoms with E-state index in [1.165, 1.54) is 32.3 Å². The number of aromatic nitrogens is 7. The second-order valence-corrected chi connectivity index (χ2v) is 20.7. The van der Waals surface area contributed by atoms with Crippen LogP contribution in [0.15, 0.2) is 249 Å². The van der Waals surface area contributed by atoms with Gasteiger partial charge in [-0.1, -0.05) is 152 Å². The summed E-state index contributed by atoms with van der Waals surface area (Å²) in [7, 11) is 0. The molecule has 0 saturated heterocycles. The number of pyridine rings is 3. The Morgan fingerprint density at radius 2 is 0.628 bits per heavy atom. The fourth-order valence-electron chi connectivity index (χ4n) is 13.9. The van der Waals surface area contributed by atoms with E-state index < -0.39 is 5.41 Å². The van der Waals surface area contributed by atoms with Gasteiger partial charge in [0.1, 0.15) is 0 Å². The van der Waals surface area contributed by atoms with Gasteiger partial charge in [-0.2, -0.15) is 0 Å². The molecule has 0 saturated carbocycles. The minimum Gasteiger partial charge on any atom is -0.452 e. The van der Waals surface area contributed by atoms with Crippen LogP contribution in [-0.4, -0.2) is 33.2 Å². The summed E-state index contributed by atoms with van der Waals surface area (Å²) in [6, 6.07) is 81.1. The third-order valence-corrected chi connectivity index (χ3v) is 17.0. The fraction of sp³-hybridized carbons (Fsp3) is 0.0143. The predicted molar refractivity (Wildman–Crippen MR) is 315 cm³/mol. The Morgan fingerprint density at radius 1 is 0.295 bits per heavy atom. The Bertz CT molecular complexity index is 4740. The summed E-state index contributed by atoms with van der Waals surface area (Å²) in [4.78, 5) is 16.0. The Hall–Kier alpha value is -10.6. The molecule has 1 spiro atoms. The maximum Gasteiger partial charge on any atom is 0.156 e. The van der Waals surface area contributed by atoms with E-state index in [4.69, 9.17) is 19.7 Å². The maximum absolute atomic E-state index is 7.92. The molecule has 0 N–H and O–H groups in total. The van der Waals surface area contributed by atoms with Crippen LogP contribution in [0.25, 0.3) is 121 Å². The second kappa shape index (κ2) is 15.3. The van der Waals surface area contributed by atoms with Crippen LogP contribution >= 0.6 is 0 Å². The first-order chi connectivity index (χ1) is 38.7. The van der Waals surface area contributed by atoms with Gasteiger partial charge in [-0.25, -0.2) is 0 Å². The zero-order valence-electron chi connectivity index (χ0n) is 41.7. The van der Waals surface area contributed by atoms with Crippen LogP contribution in [0.5, 0.6) is 11.5 Å². The normalized spacial score (nSPS) is 13.3. The topological polar surface area (TPSA) is 67.6 Å². The molecule has 1 aliphatic carbocycles. The lowest BCUT2D eigenvalue weighted by molar-refractivity contribution is 0.433. The van der Waals surface area contributed by atoms with Crippen molar-refractivity contribution in [2.75, 3.05) is 0 Å². The number of ether oxygens (including phenoxy) is 1. The van der Waals surface area contributed by atoms with E-state index in [0.717, 1.165) is 123 Å². The van der Waals surface area contributed by atoms with Crippen molar-refractivity contribution in [2.45, 2.75) is 5.41 Å². The lowest BCUT2D eigenvalue weighted by Gasteiger charge is -2.40. The lowest BCUT2D eigenvalue weighted by Crippen LogP contribution is -2.33. The first-order valence-electron chi connectivity index (χ1n) is 26.5. The summed E-state index contributed by atoms with van der Waals surface area (Å²) < 4.78 is 17.4. The molecule has 0 radical (unpaired) electrons. The average molecular weight is 996 g/mol. The van der Waals surface area contributed by atoms with E-state index in [2.05, 4.69) is 243 Å². The number of hydrogen-bond acceptors (Lipinski definition) is 4. The minimum atomic E-state index is -1.04. The summed E-state index contributed by atoms with van der Waals surface area (Å²) >= 11 is 0. The number of fused-ring (bicyclic) bond motifs is 21. The van der Waals surface area contributed by atoms with Crippen LogP contribution in [0.4, 0.5) is 0 Å². The van der Waals surface area contributed by atoms with Crippen molar-refractivity contribution in [1.82, 2.24) is 33.2 Å². The molecule has 18 rings (SSSR count). The molecule has 0 fully saturated rings. The SMILES string of the molecule is c1cc(-n2c3ccccc3c3ccccc32)c2c(c1)C1(c3cc(-n4c5ccccc5c5ccccc54)cnc3-c3ncc(-n4c5ccccc5c5ccccc54)cc31)c1cccc(-n3c4ccccc4c4ccncc43)c1O2. The fourth-order valence-corrected chi connectivity index (χ4v) is 13.9. The lowest BCUT2D eigenvalue weighted by atomic mass is 9.66. The van der Waals surface area contributed by atoms with Crippen molar-refractivity contribution in [1.29, 1.82) is 0 Å². The maximum atomic E-state index is 7.92. The van der Waals surface area contributed by atoms with Crippen LogP contribution in [0, 0.1) is 0 Å². The molecule has 7 aromatic heterocycles. The van der Waals surface area contributed by atoms with Crippen LogP contribution in [0.1, 0.15) is 22.3 Å². The van der Waals surface area contributed by atoms with Gasteiger partial charge < -0.3 is 23.0 Å². The zero-order valence-corrected chi connectivity index (χ0v) is 41.7. The summed E-state index contributed by atoms with van der Waals surface area (Å²) in [5.74, 6) is 1.50. The molecule has 2 aliphatic rings. The second-order valence-electron chi connectivity index (χ2n) is 20.7. The molecule has 1 aliphatic heterocycles. The monoisotopic (exact) mass is 995 g/mol. The van der Waals surface area contributed by atoms with Crippen LogP contribution in [0.3, 0.4) is 0 Å². The molecule has 8 nitrogen and oxygen atoms in total. The molecule has 0 unspecified atom stereocenters. The first-order valence-corrected chi connectivity index (χ1v) is 26.5. The van der Waals surface area contributed by atoms with E-state index in [9.17, 15) is 0 Å². The van der Waals surface area contributed by atoms with Crippen LogP contribution < -0.4 is 4.74 Å². The molecule has 362 valence electrons. The zero-order chi connectivity index (χ0) is 50.8. The third-order valence-electron chi connectivity index (χ3n) is 17.0. The third kappa shape index (κ3) is 5.25. The van der Waals surface area contributed by atoms with Gasteiger partial charge in [0.2, 0.25) is 0 Å². The molecular weight excluding hydrogens is 955 g/mol. The minimum absolute atomic E-state index is 0.744. The van der Waals surface area contributed by atoms with Gasteiger partial charge >= 0.3 is 0 Å². The Kier molecular flexibility index (Phi) is 8.18. The van der Waals surface area contributed by atoms with Gasteiger partial charge in [0.15, 0.2) is 11.5 Å². The number of hydrogen-bond donors (Lipinski definition) is 0. The van der Waals surface area contributed by atoms with Gasteiger partial charge in [0, 0.05) is 71.5 Å². The number of benzene rings is 9. The summed E-state index contributed by atoms with van der Waals surface area (Å²) in [5.41, 5.74) is 17.1. The van der Waals surface area contributed by atoms with E-state index >= 15 is 0 Å². The van der Waals surface area contributed by atoms with Crippen molar-refractivity contribution >= 4 is 87.2 Å². The molecule has 16 aromatic rings. The van der Waals surface area contributed by atoms with Crippen molar-refractivity contribution < 1.29 is 4.74 Å². The van der Waals surface area contributed by atoms with Crippen LogP contribution in [-0.2, 0) is 5.41 Å². The Balaban J connectivity index is 1.02. The molecule has 0 amide bonds. The van der Waals surface area contributed by atoms with Crippen molar-refractivity contribution in [3.8, 4) is 45.6 Å². The van der Waals surface area contributed by atoms with E-state index in [0.29, 0.717) is 0 Å². The standard InChI is InChI=1S/C70H41N7O/c1-8-26-56-44(17-1)45-18-2-9-27-57(45)74(56)42-37-54-66(72-39-42)67-55(38-43(40-73-67)75-58-28-10-3-19-46(58)47-20-4-11-29-59(47)75)70(54)52-24-15-33-63(76-60-30-12-5-21-48(60)49-22-6-13-31-61(49)76)68(52)78-69-53(70)25-16-34-64(69)77-62-32-14-7-23-50(62)51-35-36-71-41-65(51)77/h1-41H. The van der Waals surface area contributed by atoms with Crippen molar-refractivity contribution in [2.24, 2.45) is 0 Å². The van der Waals surface area contributed by atoms with Gasteiger partial charge in [-0.15, -0.1) is 0 Å². The van der Waals surface area contributed by atoms with Crippen molar-refractivity contribution in [3.63, 3.8) is 0 Å². The highest BCUT2D eigenvalue weighted by atomic mass is 16.5. The highest BCUT2D eigenvalue weighted by molar-refractivity contribution is 6.13. The predicted octanol–water partition coefficient (Wildman–Crippen LogP) is 16.7. The van der Waals surface area contributed by atoms with E-state index in [1.54, 1.807) is 0 Å². The quantitative estimate of drug-likeness (QED) is 0.176. The number of nitrogens with zero attached hydrogens (tertiary/aromatic N) is 7. The Morgan fingerprint density at radius 3 is 1.01 bits per heavy atom. The van der Waals surface area contributed by atoms with Gasteiger partial charge in [-0.05, 0) is 72.8 Å². The summed E-state index contributed by atoms with van der Waals surface area (Å²) in [5, 5.41) is 9.35. The number of para-hydroxylation sites is 9. The molecule has 78 heavy (non-hydrogen) atoms. The van der Waals surface area contributed by atoms with Crippen LogP contribution in [0.2, 0.25) is 0 Å². The van der Waals surface area contributed by atoms with E-state index in [-0.39, 0.29) is 0 Å². The molecule has 0 bridgehead atoms. The van der Waals surface area contributed by atoms with Gasteiger partial charge in [0.25, 0.3) is 0 Å². The van der Waals surface area contributed by atoms with Gasteiger partial charge in [-0.3, -0.25) is 15.0 Å². The highest BCUT2D eigenvalue weighted by Gasteiger charge is 2.54. The van der Waals surface area contributed by atoms with Gasteiger partial charge in [0.05, 0.1) is 102 Å². The molecule has 8 heterocycles. The average Bonchev–Trinajstić information content (AvgIpc) is 3.61. The number of rotatable bonds is 4. The molecule has 0 atom stereocenters. The molecule has 9 aromatic carbocycles. The Labute approximate surface area is 445 Å². The summed E-state index contributed by atoms with van der Waals surface area (Å²) in [6.45, 7) is 0. The summed E-state index contributed by atoms with van der Waals surface area (Å²) in [6.07, 6.45) is 7.95. The van der Waals surface area contributed by atoms with E-state index in [1.807, 2.05) is 24.8 Å². The largest absolute Gasteiger partial charge is 0.452 e. The van der Waals surface area contributed by atoms with Crippen molar-refractivity contribution in [3.05, 3.63) is 271 Å². The molecule has 8 heteroatoms.